The Morgan fingerprint density at radius 3 is 2.46 bits per heavy atom. The lowest BCUT2D eigenvalue weighted by molar-refractivity contribution is -0.123. The van der Waals surface area contributed by atoms with E-state index in [1.165, 1.54) is 0 Å². The van der Waals surface area contributed by atoms with Crippen LogP contribution in [-0.2, 0) is 11.2 Å². The van der Waals surface area contributed by atoms with Crippen molar-refractivity contribution in [3.8, 4) is 22.9 Å². The van der Waals surface area contributed by atoms with E-state index in [0.717, 1.165) is 29.0 Å². The Morgan fingerprint density at radius 1 is 0.929 bits per heavy atom. The molecule has 1 heterocycles. The van der Waals surface area contributed by atoms with E-state index >= 15 is 0 Å². The molecular formula is C22H23N3O3. The van der Waals surface area contributed by atoms with Crippen LogP contribution in [0.25, 0.3) is 11.3 Å². The summed E-state index contributed by atoms with van der Waals surface area (Å²) < 4.78 is 11.1. The van der Waals surface area contributed by atoms with Crippen LogP contribution < -0.4 is 14.8 Å². The summed E-state index contributed by atoms with van der Waals surface area (Å²) in [6, 6.07) is 21.1. The molecule has 1 N–H and O–H groups in total. The van der Waals surface area contributed by atoms with E-state index in [9.17, 15) is 4.79 Å². The third-order valence-electron chi connectivity index (χ3n) is 4.10. The summed E-state index contributed by atoms with van der Waals surface area (Å²) in [5.41, 5.74) is 2.86. The number of benzene rings is 2. The minimum atomic E-state index is -0.194. The van der Waals surface area contributed by atoms with Crippen molar-refractivity contribution in [2.24, 2.45) is 0 Å². The maximum Gasteiger partial charge on any atom is 0.258 e. The van der Waals surface area contributed by atoms with Crippen molar-refractivity contribution in [1.82, 2.24) is 15.5 Å². The SMILES string of the molecule is CCc1ccccc1OCC(=O)NCCOc1ccc(-c2ccccc2)nn1. The zero-order valence-corrected chi connectivity index (χ0v) is 15.8. The summed E-state index contributed by atoms with van der Waals surface area (Å²) in [6.07, 6.45) is 0.857. The Bertz CT molecular complexity index is 883. The second kappa shape index (κ2) is 10.1. The molecule has 144 valence electrons. The molecule has 0 aliphatic carbocycles. The molecule has 0 bridgehead atoms. The zero-order chi connectivity index (χ0) is 19.6. The number of ether oxygens (including phenoxy) is 2. The van der Waals surface area contributed by atoms with Gasteiger partial charge in [0.25, 0.3) is 5.91 Å². The fourth-order valence-corrected chi connectivity index (χ4v) is 2.64. The fraction of sp³-hybridized carbons (Fsp3) is 0.227. The number of aryl methyl sites for hydroxylation is 1. The van der Waals surface area contributed by atoms with E-state index in [0.29, 0.717) is 19.0 Å². The second-order valence-corrected chi connectivity index (χ2v) is 6.07. The Labute approximate surface area is 164 Å². The minimum Gasteiger partial charge on any atom is -0.483 e. The molecule has 1 aromatic heterocycles. The summed E-state index contributed by atoms with van der Waals surface area (Å²) >= 11 is 0. The number of carbonyl (C=O) groups is 1. The predicted molar refractivity (Wildman–Crippen MR) is 107 cm³/mol. The summed E-state index contributed by atoms with van der Waals surface area (Å²) in [4.78, 5) is 11.9. The molecule has 0 radical (unpaired) electrons. The van der Waals surface area contributed by atoms with E-state index in [2.05, 4.69) is 22.4 Å². The number of rotatable bonds is 9. The van der Waals surface area contributed by atoms with Gasteiger partial charge < -0.3 is 14.8 Å². The van der Waals surface area contributed by atoms with Gasteiger partial charge in [-0.25, -0.2) is 0 Å². The van der Waals surface area contributed by atoms with E-state index < -0.39 is 0 Å². The quantitative estimate of drug-likeness (QED) is 0.579. The number of para-hydroxylation sites is 1. The summed E-state index contributed by atoms with van der Waals surface area (Å²) in [6.45, 7) is 2.69. The molecule has 0 atom stereocenters. The second-order valence-electron chi connectivity index (χ2n) is 6.07. The molecule has 0 unspecified atom stereocenters. The van der Waals surface area contributed by atoms with Crippen LogP contribution in [0.1, 0.15) is 12.5 Å². The van der Waals surface area contributed by atoms with E-state index in [1.54, 1.807) is 6.07 Å². The number of hydrogen-bond acceptors (Lipinski definition) is 5. The van der Waals surface area contributed by atoms with Gasteiger partial charge in [0.15, 0.2) is 6.61 Å². The average molecular weight is 377 g/mol. The van der Waals surface area contributed by atoms with Crippen LogP contribution in [0, 0.1) is 0 Å². The lowest BCUT2D eigenvalue weighted by Gasteiger charge is -2.10. The molecule has 6 heteroatoms. The molecule has 0 saturated carbocycles. The number of aromatic nitrogens is 2. The standard InChI is InChI=1S/C22H23N3O3/c1-2-17-8-6-7-11-20(17)28-16-21(26)23-14-15-27-22-13-12-19(24-25-22)18-9-4-3-5-10-18/h3-13H,2,14-16H2,1H3,(H,23,26). The van der Waals surface area contributed by atoms with Crippen molar-refractivity contribution in [1.29, 1.82) is 0 Å². The molecule has 0 aliphatic rings. The topological polar surface area (TPSA) is 73.3 Å². The monoisotopic (exact) mass is 377 g/mol. The van der Waals surface area contributed by atoms with Crippen LogP contribution in [0.4, 0.5) is 0 Å². The van der Waals surface area contributed by atoms with Crippen molar-refractivity contribution in [2.45, 2.75) is 13.3 Å². The lowest BCUT2D eigenvalue weighted by Crippen LogP contribution is -2.32. The molecule has 0 saturated heterocycles. The average Bonchev–Trinajstić information content (AvgIpc) is 2.76. The maximum absolute atomic E-state index is 11.9. The third-order valence-corrected chi connectivity index (χ3v) is 4.10. The summed E-state index contributed by atoms with van der Waals surface area (Å²) in [5, 5.41) is 11.0. The molecule has 3 aromatic rings. The Hall–Kier alpha value is -3.41. The van der Waals surface area contributed by atoms with Gasteiger partial charge >= 0.3 is 0 Å². The Kier molecular flexibility index (Phi) is 6.95. The third kappa shape index (κ3) is 5.54. The van der Waals surface area contributed by atoms with Crippen LogP contribution in [0.15, 0.2) is 66.7 Å². The smallest absolute Gasteiger partial charge is 0.258 e. The molecule has 6 nitrogen and oxygen atoms in total. The van der Waals surface area contributed by atoms with Gasteiger partial charge in [-0.1, -0.05) is 55.5 Å². The van der Waals surface area contributed by atoms with Crippen LogP contribution in [0.3, 0.4) is 0 Å². The van der Waals surface area contributed by atoms with Crippen molar-refractivity contribution >= 4 is 5.91 Å². The highest BCUT2D eigenvalue weighted by Crippen LogP contribution is 2.18. The van der Waals surface area contributed by atoms with Gasteiger partial charge in [-0.15, -0.1) is 10.2 Å². The molecule has 0 fully saturated rings. The van der Waals surface area contributed by atoms with Crippen LogP contribution in [0.2, 0.25) is 0 Å². The first-order valence-electron chi connectivity index (χ1n) is 9.25. The number of nitrogens with zero attached hydrogens (tertiary/aromatic N) is 2. The van der Waals surface area contributed by atoms with Gasteiger partial charge in [0, 0.05) is 11.6 Å². The van der Waals surface area contributed by atoms with Crippen molar-refractivity contribution in [3.05, 3.63) is 72.3 Å². The predicted octanol–water partition coefficient (Wildman–Crippen LogP) is 3.28. The first-order chi connectivity index (χ1) is 13.8. The van der Waals surface area contributed by atoms with Gasteiger partial charge in [0.1, 0.15) is 12.4 Å². The number of amides is 1. The van der Waals surface area contributed by atoms with E-state index in [4.69, 9.17) is 9.47 Å². The van der Waals surface area contributed by atoms with Crippen molar-refractivity contribution in [2.75, 3.05) is 19.8 Å². The molecule has 2 aromatic carbocycles. The fourth-order valence-electron chi connectivity index (χ4n) is 2.64. The maximum atomic E-state index is 11.9. The van der Waals surface area contributed by atoms with Gasteiger partial charge in [-0.2, -0.15) is 0 Å². The van der Waals surface area contributed by atoms with Gasteiger partial charge in [-0.05, 0) is 24.1 Å². The van der Waals surface area contributed by atoms with Gasteiger partial charge in [0.05, 0.1) is 12.2 Å². The first-order valence-corrected chi connectivity index (χ1v) is 9.25. The molecular weight excluding hydrogens is 354 g/mol. The molecule has 0 spiro atoms. The number of carbonyl (C=O) groups excluding carboxylic acids is 1. The Balaban J connectivity index is 1.38. The summed E-state index contributed by atoms with van der Waals surface area (Å²) in [7, 11) is 0. The zero-order valence-electron chi connectivity index (χ0n) is 15.8. The largest absolute Gasteiger partial charge is 0.483 e. The normalized spacial score (nSPS) is 10.3. The number of nitrogens with one attached hydrogen (secondary N) is 1. The van der Waals surface area contributed by atoms with Crippen LogP contribution >= 0.6 is 0 Å². The summed E-state index contributed by atoms with van der Waals surface area (Å²) in [5.74, 6) is 0.965. The Morgan fingerprint density at radius 2 is 1.71 bits per heavy atom. The number of hydrogen-bond donors (Lipinski definition) is 1. The highest BCUT2D eigenvalue weighted by atomic mass is 16.5. The lowest BCUT2D eigenvalue weighted by atomic mass is 10.1. The van der Waals surface area contributed by atoms with Crippen LogP contribution in [0.5, 0.6) is 11.6 Å². The first kappa shape index (κ1) is 19.4. The molecule has 1 amide bonds. The van der Waals surface area contributed by atoms with Crippen LogP contribution in [-0.4, -0.2) is 35.9 Å². The van der Waals surface area contributed by atoms with Crippen molar-refractivity contribution in [3.63, 3.8) is 0 Å². The highest BCUT2D eigenvalue weighted by Gasteiger charge is 2.06. The van der Waals surface area contributed by atoms with E-state index in [1.807, 2.05) is 60.7 Å². The highest BCUT2D eigenvalue weighted by molar-refractivity contribution is 5.77. The van der Waals surface area contributed by atoms with Gasteiger partial charge in [-0.3, -0.25) is 4.79 Å². The molecule has 3 rings (SSSR count). The molecule has 0 aliphatic heterocycles. The van der Waals surface area contributed by atoms with E-state index in [-0.39, 0.29) is 12.5 Å². The van der Waals surface area contributed by atoms with Crippen molar-refractivity contribution < 1.29 is 14.3 Å². The molecule has 28 heavy (non-hydrogen) atoms. The van der Waals surface area contributed by atoms with Gasteiger partial charge in [0.2, 0.25) is 5.88 Å². The minimum absolute atomic E-state index is 0.0252.